The molecule has 6 nitrogen and oxygen atoms in total. The van der Waals surface area contributed by atoms with Crippen LogP contribution in [0.3, 0.4) is 0 Å². The van der Waals surface area contributed by atoms with Gasteiger partial charge < -0.3 is 9.26 Å². The van der Waals surface area contributed by atoms with Gasteiger partial charge in [-0.25, -0.2) is 8.42 Å². The molecule has 7 heteroatoms. The fourth-order valence-electron chi connectivity index (χ4n) is 3.15. The number of hydrogen-bond donors (Lipinski definition) is 0. The Balaban J connectivity index is 1.78. The Bertz CT molecular complexity index is 567. The Kier molecular flexibility index (Phi) is 3.83. The van der Waals surface area contributed by atoms with Crippen LogP contribution >= 0.6 is 0 Å². The van der Waals surface area contributed by atoms with Crippen LogP contribution in [-0.4, -0.2) is 43.2 Å². The SMILES string of the molecule is Cc1cc(CS(=O)(=O)N2CCO[C@H]3CCCC[C@@H]32)on1. The summed E-state index contributed by atoms with van der Waals surface area (Å²) in [5.41, 5.74) is 0.702. The van der Waals surface area contributed by atoms with Crippen molar-refractivity contribution in [2.75, 3.05) is 13.2 Å². The lowest BCUT2D eigenvalue weighted by molar-refractivity contribution is -0.0587. The van der Waals surface area contributed by atoms with Crippen LogP contribution in [0.4, 0.5) is 0 Å². The van der Waals surface area contributed by atoms with E-state index in [0.717, 1.165) is 25.7 Å². The predicted molar refractivity (Wildman–Crippen MR) is 72.6 cm³/mol. The van der Waals surface area contributed by atoms with E-state index in [-0.39, 0.29) is 17.9 Å². The lowest BCUT2D eigenvalue weighted by atomic mass is 9.91. The van der Waals surface area contributed by atoms with Crippen molar-refractivity contribution in [3.63, 3.8) is 0 Å². The smallest absolute Gasteiger partial charge is 0.221 e. The topological polar surface area (TPSA) is 72.6 Å². The summed E-state index contributed by atoms with van der Waals surface area (Å²) in [6, 6.07) is 1.67. The van der Waals surface area contributed by atoms with E-state index in [1.165, 1.54) is 0 Å². The lowest BCUT2D eigenvalue weighted by Gasteiger charge is -2.42. The molecule has 1 saturated carbocycles. The summed E-state index contributed by atoms with van der Waals surface area (Å²) in [5.74, 6) is 0.290. The number of morpholine rings is 1. The van der Waals surface area contributed by atoms with Gasteiger partial charge in [0.05, 0.1) is 24.4 Å². The van der Waals surface area contributed by atoms with Crippen LogP contribution in [0.25, 0.3) is 0 Å². The highest BCUT2D eigenvalue weighted by Gasteiger charge is 2.40. The van der Waals surface area contributed by atoms with E-state index < -0.39 is 10.0 Å². The molecule has 1 aliphatic carbocycles. The Morgan fingerprint density at radius 1 is 1.40 bits per heavy atom. The maximum Gasteiger partial charge on any atom is 0.221 e. The Hall–Kier alpha value is -0.920. The van der Waals surface area contributed by atoms with Gasteiger partial charge in [0.2, 0.25) is 10.0 Å². The van der Waals surface area contributed by atoms with Crippen LogP contribution in [-0.2, 0) is 20.5 Å². The van der Waals surface area contributed by atoms with Gasteiger partial charge >= 0.3 is 0 Å². The molecule has 112 valence electrons. The summed E-state index contributed by atoms with van der Waals surface area (Å²) in [4.78, 5) is 0. The molecule has 2 aliphatic rings. The highest BCUT2D eigenvalue weighted by atomic mass is 32.2. The summed E-state index contributed by atoms with van der Waals surface area (Å²) in [5, 5.41) is 3.74. The predicted octanol–water partition coefficient (Wildman–Crippen LogP) is 1.46. The van der Waals surface area contributed by atoms with Gasteiger partial charge in [-0.1, -0.05) is 18.0 Å². The van der Waals surface area contributed by atoms with Crippen molar-refractivity contribution >= 4 is 10.0 Å². The van der Waals surface area contributed by atoms with E-state index in [2.05, 4.69) is 5.16 Å². The summed E-state index contributed by atoms with van der Waals surface area (Å²) in [7, 11) is -3.37. The maximum absolute atomic E-state index is 12.6. The van der Waals surface area contributed by atoms with Gasteiger partial charge in [0, 0.05) is 12.6 Å². The average molecular weight is 300 g/mol. The van der Waals surface area contributed by atoms with Crippen molar-refractivity contribution in [1.29, 1.82) is 0 Å². The molecule has 1 saturated heterocycles. The third kappa shape index (κ3) is 2.75. The number of sulfonamides is 1. The number of fused-ring (bicyclic) bond motifs is 1. The average Bonchev–Trinajstić information content (AvgIpc) is 2.82. The molecule has 1 aromatic rings. The van der Waals surface area contributed by atoms with Crippen LogP contribution in [0.2, 0.25) is 0 Å². The first kappa shape index (κ1) is 14.0. The van der Waals surface area contributed by atoms with Gasteiger partial charge in [0.1, 0.15) is 5.75 Å². The molecule has 1 aromatic heterocycles. The number of aromatic nitrogens is 1. The molecule has 0 bridgehead atoms. The van der Waals surface area contributed by atoms with Gasteiger partial charge in [-0.2, -0.15) is 4.31 Å². The van der Waals surface area contributed by atoms with Crippen LogP contribution in [0.15, 0.2) is 10.6 Å². The van der Waals surface area contributed by atoms with E-state index in [1.54, 1.807) is 17.3 Å². The fourth-order valence-corrected chi connectivity index (χ4v) is 4.82. The summed E-state index contributed by atoms with van der Waals surface area (Å²) in [6.07, 6.45) is 4.09. The summed E-state index contributed by atoms with van der Waals surface area (Å²) < 4.78 is 37.6. The standard InChI is InChI=1S/C13H20N2O4S/c1-10-8-11(19-14-10)9-20(16,17)15-6-7-18-13-5-3-2-4-12(13)15/h8,12-13H,2-7,9H2,1H3/t12-,13-/m0/s1. The van der Waals surface area contributed by atoms with Gasteiger partial charge in [0.25, 0.3) is 0 Å². The van der Waals surface area contributed by atoms with Crippen molar-refractivity contribution in [2.24, 2.45) is 0 Å². The number of hydrogen-bond acceptors (Lipinski definition) is 5. The highest BCUT2D eigenvalue weighted by Crippen LogP contribution is 2.31. The minimum absolute atomic E-state index is 0.00785. The molecule has 20 heavy (non-hydrogen) atoms. The Morgan fingerprint density at radius 3 is 2.95 bits per heavy atom. The molecule has 0 spiro atoms. The zero-order valence-electron chi connectivity index (χ0n) is 11.6. The Morgan fingerprint density at radius 2 is 2.20 bits per heavy atom. The molecule has 2 atom stereocenters. The molecule has 2 fully saturated rings. The zero-order chi connectivity index (χ0) is 14.2. The first-order valence-corrected chi connectivity index (χ1v) is 8.70. The molecule has 0 amide bonds. The molecule has 0 aromatic carbocycles. The van der Waals surface area contributed by atoms with Gasteiger partial charge in [-0.15, -0.1) is 0 Å². The molecular weight excluding hydrogens is 280 g/mol. The second kappa shape index (κ2) is 5.46. The van der Waals surface area contributed by atoms with E-state index in [9.17, 15) is 8.42 Å². The Labute approximate surface area is 119 Å². The van der Waals surface area contributed by atoms with Crippen molar-refractivity contribution < 1.29 is 17.7 Å². The maximum atomic E-state index is 12.6. The fraction of sp³-hybridized carbons (Fsp3) is 0.769. The first-order valence-electron chi connectivity index (χ1n) is 7.09. The molecule has 0 radical (unpaired) electrons. The normalized spacial score (nSPS) is 28.2. The van der Waals surface area contributed by atoms with Gasteiger partial charge in [0.15, 0.2) is 5.76 Å². The third-order valence-electron chi connectivity index (χ3n) is 4.04. The van der Waals surface area contributed by atoms with Crippen molar-refractivity contribution in [3.05, 3.63) is 17.5 Å². The minimum Gasteiger partial charge on any atom is -0.375 e. The summed E-state index contributed by atoms with van der Waals surface area (Å²) >= 11 is 0. The molecule has 0 unspecified atom stereocenters. The van der Waals surface area contributed by atoms with Gasteiger partial charge in [-0.05, 0) is 19.8 Å². The number of nitrogens with zero attached hydrogens (tertiary/aromatic N) is 2. The van der Waals surface area contributed by atoms with Crippen LogP contribution in [0.5, 0.6) is 0 Å². The van der Waals surface area contributed by atoms with Crippen LogP contribution in [0, 0.1) is 6.92 Å². The van der Waals surface area contributed by atoms with E-state index in [0.29, 0.717) is 24.6 Å². The second-order valence-corrected chi connectivity index (χ2v) is 7.48. The largest absolute Gasteiger partial charge is 0.375 e. The van der Waals surface area contributed by atoms with Crippen molar-refractivity contribution in [2.45, 2.75) is 50.5 Å². The van der Waals surface area contributed by atoms with E-state index in [4.69, 9.17) is 9.26 Å². The second-order valence-electron chi connectivity index (χ2n) is 5.56. The molecular formula is C13H20N2O4S. The first-order chi connectivity index (χ1) is 9.56. The van der Waals surface area contributed by atoms with Gasteiger partial charge in [-0.3, -0.25) is 0 Å². The number of aryl methyl sites for hydroxylation is 1. The van der Waals surface area contributed by atoms with Crippen molar-refractivity contribution in [1.82, 2.24) is 9.46 Å². The van der Waals surface area contributed by atoms with Crippen molar-refractivity contribution in [3.8, 4) is 0 Å². The minimum atomic E-state index is -3.37. The van der Waals surface area contributed by atoms with Crippen LogP contribution in [0.1, 0.15) is 37.1 Å². The van der Waals surface area contributed by atoms with E-state index in [1.807, 2.05) is 0 Å². The molecule has 3 rings (SSSR count). The zero-order valence-corrected chi connectivity index (χ0v) is 12.4. The third-order valence-corrected chi connectivity index (χ3v) is 5.86. The summed E-state index contributed by atoms with van der Waals surface area (Å²) in [6.45, 7) is 2.71. The van der Waals surface area contributed by atoms with Crippen LogP contribution < -0.4 is 0 Å². The lowest BCUT2D eigenvalue weighted by Crippen LogP contribution is -2.54. The molecule has 1 aliphatic heterocycles. The quantitative estimate of drug-likeness (QED) is 0.845. The highest BCUT2D eigenvalue weighted by molar-refractivity contribution is 7.88. The molecule has 0 N–H and O–H groups in total. The number of rotatable bonds is 3. The number of ether oxygens (including phenoxy) is 1. The molecule has 2 heterocycles. The monoisotopic (exact) mass is 300 g/mol. The van der Waals surface area contributed by atoms with E-state index >= 15 is 0 Å².